The summed E-state index contributed by atoms with van der Waals surface area (Å²) in [5.74, 6) is 0. The minimum absolute atomic E-state index is 0.0533. The Bertz CT molecular complexity index is 512. The van der Waals surface area contributed by atoms with Crippen molar-refractivity contribution in [2.45, 2.75) is 25.6 Å². The molecule has 2 aromatic heterocycles. The Morgan fingerprint density at radius 2 is 2.32 bits per heavy atom. The molecule has 102 valence electrons. The van der Waals surface area contributed by atoms with Gasteiger partial charge in [0.05, 0.1) is 6.04 Å². The van der Waals surface area contributed by atoms with E-state index in [4.69, 9.17) is 5.73 Å². The summed E-state index contributed by atoms with van der Waals surface area (Å²) in [6, 6.07) is 6.43. The predicted molar refractivity (Wildman–Crippen MR) is 84.1 cm³/mol. The van der Waals surface area contributed by atoms with Crippen molar-refractivity contribution in [3.05, 3.63) is 50.9 Å². The van der Waals surface area contributed by atoms with Crippen LogP contribution in [-0.4, -0.2) is 23.0 Å². The third-order valence-corrected chi connectivity index (χ3v) is 4.71. The zero-order valence-corrected chi connectivity index (χ0v) is 13.5. The van der Waals surface area contributed by atoms with Crippen LogP contribution in [0.15, 0.2) is 40.4 Å². The van der Waals surface area contributed by atoms with Crippen molar-refractivity contribution in [3.8, 4) is 0 Å². The van der Waals surface area contributed by atoms with Gasteiger partial charge in [0, 0.05) is 39.7 Å². The molecule has 0 aliphatic rings. The molecule has 0 saturated carbocycles. The lowest BCUT2D eigenvalue weighted by Crippen LogP contribution is -2.36. The lowest BCUT2D eigenvalue weighted by atomic mass is 10.0. The van der Waals surface area contributed by atoms with Gasteiger partial charge in [-0.1, -0.05) is 6.07 Å². The Hall–Kier alpha value is -0.750. The van der Waals surface area contributed by atoms with Gasteiger partial charge in [-0.25, -0.2) is 0 Å². The van der Waals surface area contributed by atoms with Crippen molar-refractivity contribution >= 4 is 27.3 Å². The second-order valence-corrected chi connectivity index (χ2v) is 6.65. The third-order valence-electron chi connectivity index (χ3n) is 3.03. The van der Waals surface area contributed by atoms with Crippen LogP contribution in [0, 0.1) is 0 Å². The molecule has 0 bridgehead atoms. The summed E-state index contributed by atoms with van der Waals surface area (Å²) in [5.41, 5.74) is 7.32. The van der Waals surface area contributed by atoms with E-state index >= 15 is 0 Å². The highest BCUT2D eigenvalue weighted by atomic mass is 79.9. The molecule has 0 amide bonds. The lowest BCUT2D eigenvalue weighted by molar-refractivity contribution is 0.212. The summed E-state index contributed by atoms with van der Waals surface area (Å²) in [7, 11) is 2.11. The zero-order valence-electron chi connectivity index (χ0n) is 11.1. The highest BCUT2D eigenvalue weighted by Crippen LogP contribution is 2.26. The van der Waals surface area contributed by atoms with E-state index in [1.165, 1.54) is 4.88 Å². The van der Waals surface area contributed by atoms with E-state index in [1.807, 2.05) is 19.2 Å². The van der Waals surface area contributed by atoms with Crippen LogP contribution in [0.1, 0.15) is 23.4 Å². The molecule has 19 heavy (non-hydrogen) atoms. The van der Waals surface area contributed by atoms with Crippen LogP contribution in [0.25, 0.3) is 0 Å². The fourth-order valence-electron chi connectivity index (χ4n) is 2.29. The van der Waals surface area contributed by atoms with Crippen LogP contribution in [0.5, 0.6) is 0 Å². The van der Waals surface area contributed by atoms with Gasteiger partial charge in [-0.05, 0) is 47.6 Å². The monoisotopic (exact) mass is 339 g/mol. The number of hydrogen-bond acceptors (Lipinski definition) is 4. The molecule has 0 aliphatic carbocycles. The number of likely N-dealkylation sites (N-methyl/N-ethyl adjacent to an activating group) is 1. The topological polar surface area (TPSA) is 42.1 Å². The van der Waals surface area contributed by atoms with Crippen LogP contribution < -0.4 is 5.73 Å². The van der Waals surface area contributed by atoms with E-state index in [1.54, 1.807) is 17.5 Å². The zero-order chi connectivity index (χ0) is 13.8. The van der Waals surface area contributed by atoms with E-state index in [0.717, 1.165) is 16.6 Å². The molecule has 0 spiro atoms. The van der Waals surface area contributed by atoms with Gasteiger partial charge in [0.15, 0.2) is 0 Å². The first-order chi connectivity index (χ1) is 9.08. The molecule has 0 aliphatic heterocycles. The maximum atomic E-state index is 6.15. The Morgan fingerprint density at radius 3 is 2.84 bits per heavy atom. The maximum absolute atomic E-state index is 6.15. The highest BCUT2D eigenvalue weighted by Gasteiger charge is 2.21. The van der Waals surface area contributed by atoms with Crippen molar-refractivity contribution in [3.63, 3.8) is 0 Å². The maximum Gasteiger partial charge on any atom is 0.0512 e. The van der Waals surface area contributed by atoms with Gasteiger partial charge in [0.1, 0.15) is 0 Å². The quantitative estimate of drug-likeness (QED) is 0.907. The van der Waals surface area contributed by atoms with Crippen LogP contribution in [0.3, 0.4) is 0 Å². The van der Waals surface area contributed by atoms with Crippen molar-refractivity contribution in [1.82, 2.24) is 9.88 Å². The number of halogens is 1. The minimum atomic E-state index is 0.0533. The number of aromatic nitrogens is 1. The summed E-state index contributed by atoms with van der Waals surface area (Å²) >= 11 is 5.25. The first kappa shape index (κ1) is 14.7. The number of nitrogens with zero attached hydrogens (tertiary/aromatic N) is 2. The van der Waals surface area contributed by atoms with Gasteiger partial charge < -0.3 is 5.73 Å². The summed E-state index contributed by atoms with van der Waals surface area (Å²) in [4.78, 5) is 7.80. The molecule has 2 rings (SSSR count). The molecule has 2 aromatic rings. The third kappa shape index (κ3) is 3.86. The Labute approximate surface area is 126 Å². The number of thiophene rings is 1. The van der Waals surface area contributed by atoms with Gasteiger partial charge in [0.25, 0.3) is 0 Å². The molecule has 2 atom stereocenters. The van der Waals surface area contributed by atoms with Gasteiger partial charge in [-0.3, -0.25) is 9.88 Å². The van der Waals surface area contributed by atoms with Gasteiger partial charge in [-0.15, -0.1) is 11.3 Å². The Kier molecular flexibility index (Phi) is 5.10. The molecule has 2 N–H and O–H groups in total. The van der Waals surface area contributed by atoms with Gasteiger partial charge in [0.2, 0.25) is 0 Å². The molecule has 3 nitrogen and oxygen atoms in total. The number of pyridine rings is 1. The van der Waals surface area contributed by atoms with Crippen molar-refractivity contribution in [2.75, 3.05) is 7.05 Å². The normalized spacial score (nSPS) is 14.6. The highest BCUT2D eigenvalue weighted by molar-refractivity contribution is 9.10. The fraction of sp³-hybridized carbons (Fsp3) is 0.357. The molecule has 2 heterocycles. The minimum Gasteiger partial charge on any atom is -0.326 e. The first-order valence-corrected chi connectivity index (χ1v) is 7.84. The average molecular weight is 340 g/mol. The number of nitrogens with two attached hydrogens (primary N) is 1. The largest absolute Gasteiger partial charge is 0.326 e. The molecule has 0 saturated heterocycles. The van der Waals surface area contributed by atoms with Crippen molar-refractivity contribution in [2.24, 2.45) is 5.73 Å². The predicted octanol–water partition coefficient (Wildman–Crippen LogP) is 3.43. The Morgan fingerprint density at radius 1 is 1.53 bits per heavy atom. The molecular formula is C14H18BrN3S. The molecule has 0 radical (unpaired) electrons. The Balaban J connectivity index is 2.15. The van der Waals surface area contributed by atoms with Gasteiger partial charge in [-0.2, -0.15) is 0 Å². The summed E-state index contributed by atoms with van der Waals surface area (Å²) in [5, 5.41) is 2.11. The SMILES string of the molecule is CC(N)C(c1cccnc1)N(C)Cc1cc(Br)cs1. The summed E-state index contributed by atoms with van der Waals surface area (Å²) in [6.07, 6.45) is 3.69. The smallest absolute Gasteiger partial charge is 0.0512 e. The second-order valence-electron chi connectivity index (χ2n) is 4.74. The number of rotatable bonds is 5. The molecule has 0 fully saturated rings. The second kappa shape index (κ2) is 6.61. The van der Waals surface area contributed by atoms with E-state index in [-0.39, 0.29) is 12.1 Å². The molecule has 0 aromatic carbocycles. The van der Waals surface area contributed by atoms with E-state index in [0.29, 0.717) is 0 Å². The van der Waals surface area contributed by atoms with Crippen LogP contribution >= 0.6 is 27.3 Å². The lowest BCUT2D eigenvalue weighted by Gasteiger charge is -2.30. The van der Waals surface area contributed by atoms with E-state index in [2.05, 4.69) is 50.4 Å². The van der Waals surface area contributed by atoms with Crippen LogP contribution in [0.4, 0.5) is 0 Å². The first-order valence-electron chi connectivity index (χ1n) is 6.16. The average Bonchev–Trinajstić information content (AvgIpc) is 2.75. The van der Waals surface area contributed by atoms with E-state index in [9.17, 15) is 0 Å². The standard InChI is InChI=1S/C14H18BrN3S/c1-10(16)14(11-4-3-5-17-7-11)18(2)8-13-6-12(15)9-19-13/h3-7,9-10,14H,8,16H2,1-2H3. The van der Waals surface area contributed by atoms with Crippen molar-refractivity contribution in [1.29, 1.82) is 0 Å². The van der Waals surface area contributed by atoms with Crippen LogP contribution in [0.2, 0.25) is 0 Å². The fourth-order valence-corrected chi connectivity index (χ4v) is 3.80. The van der Waals surface area contributed by atoms with Gasteiger partial charge >= 0.3 is 0 Å². The van der Waals surface area contributed by atoms with Crippen molar-refractivity contribution < 1.29 is 0 Å². The van der Waals surface area contributed by atoms with E-state index < -0.39 is 0 Å². The molecule has 5 heteroatoms. The van der Waals surface area contributed by atoms with Crippen LogP contribution in [-0.2, 0) is 6.54 Å². The number of hydrogen-bond donors (Lipinski definition) is 1. The molecule has 2 unspecified atom stereocenters. The summed E-state index contributed by atoms with van der Waals surface area (Å²) < 4.78 is 1.14. The summed E-state index contributed by atoms with van der Waals surface area (Å²) in [6.45, 7) is 2.93. The molecular weight excluding hydrogens is 322 g/mol.